The average molecular weight is 576 g/mol. The number of halogens is 1. The highest BCUT2D eigenvalue weighted by atomic mass is 32.2. The summed E-state index contributed by atoms with van der Waals surface area (Å²) in [5.41, 5.74) is -6.24. The number of allylic oxidation sites excluding steroid dienone is 4. The van der Waals surface area contributed by atoms with Gasteiger partial charge in [-0.1, -0.05) is 31.6 Å². The van der Waals surface area contributed by atoms with Crippen molar-refractivity contribution in [3.8, 4) is 0 Å². The molecule has 1 aromatic carbocycles. The summed E-state index contributed by atoms with van der Waals surface area (Å²) >= 11 is 0. The second kappa shape index (κ2) is 9.14. The van der Waals surface area contributed by atoms with Crippen molar-refractivity contribution in [2.45, 2.75) is 68.7 Å². The molecule has 216 valence electrons. The summed E-state index contributed by atoms with van der Waals surface area (Å²) < 4.78 is 56.3. The number of fused-ring (bicyclic) bond motifs is 5. The summed E-state index contributed by atoms with van der Waals surface area (Å²) in [6.45, 7) is 4.18. The lowest BCUT2D eigenvalue weighted by molar-refractivity contribution is -0.219. The minimum Gasteiger partial charge on any atom is -0.744 e. The number of carbonyl (C=O) groups is 3. The standard InChI is InChI=1S/C29H33FO9S/c1-16-11-22-21-8-7-18-13-19(31)9-10-26(18,2)28(21,30)23(32)14-27(22,3)29(16,35)24(33)15-39-25(34)17-5-4-6-20(12-17)40(36,37)38/h4-6,9-10,12-13,16,21-23,32,35H,7-8,11,14-15H2,1-3H3,(H,36,37,38)/p-1/t16-,21?,22?,23?,26+,27+,28+,29+/m1/s1. The Morgan fingerprint density at radius 3 is 2.60 bits per heavy atom. The largest absolute Gasteiger partial charge is 0.744 e. The van der Waals surface area contributed by atoms with Crippen LogP contribution in [0.15, 0.2) is 53.0 Å². The molecule has 0 amide bonds. The second-order valence-electron chi connectivity index (χ2n) is 12.1. The Morgan fingerprint density at radius 1 is 1.23 bits per heavy atom. The number of hydrogen-bond acceptors (Lipinski definition) is 9. The van der Waals surface area contributed by atoms with Crippen LogP contribution < -0.4 is 0 Å². The number of carbonyl (C=O) groups excluding carboxylic acids is 3. The molecule has 3 unspecified atom stereocenters. The van der Waals surface area contributed by atoms with Gasteiger partial charge >= 0.3 is 5.97 Å². The first kappa shape index (κ1) is 28.8. The van der Waals surface area contributed by atoms with Gasteiger partial charge in [0.15, 0.2) is 18.1 Å². The summed E-state index contributed by atoms with van der Waals surface area (Å²) in [7, 11) is -4.82. The maximum Gasteiger partial charge on any atom is 0.338 e. The van der Waals surface area contributed by atoms with Crippen LogP contribution in [0.2, 0.25) is 0 Å². The molecule has 0 aliphatic heterocycles. The molecule has 8 atom stereocenters. The fourth-order valence-corrected chi connectivity index (χ4v) is 8.76. The number of alkyl halides is 1. The SMILES string of the molecule is C[C@@H]1CC2C3CCC4=CC(=O)C=C[C@]4(C)[C@@]3(F)C(O)C[C@]2(C)[C@@]1(O)C(=O)COC(=O)c1cccc(S(=O)(=O)[O-])c1. The van der Waals surface area contributed by atoms with Gasteiger partial charge in [-0.25, -0.2) is 17.6 Å². The molecule has 40 heavy (non-hydrogen) atoms. The van der Waals surface area contributed by atoms with Crippen LogP contribution >= 0.6 is 0 Å². The van der Waals surface area contributed by atoms with E-state index in [-0.39, 0.29) is 17.8 Å². The molecule has 0 spiro atoms. The number of benzene rings is 1. The third-order valence-electron chi connectivity index (χ3n) is 10.3. The number of aliphatic hydroxyl groups is 2. The number of ketones is 2. The van der Waals surface area contributed by atoms with Crippen LogP contribution in [0.25, 0.3) is 0 Å². The summed E-state index contributed by atoms with van der Waals surface area (Å²) in [4.78, 5) is 37.5. The predicted octanol–water partition coefficient (Wildman–Crippen LogP) is 2.66. The van der Waals surface area contributed by atoms with Crippen LogP contribution in [-0.4, -0.2) is 64.7 Å². The van der Waals surface area contributed by atoms with Gasteiger partial charge in [-0.3, -0.25) is 9.59 Å². The Balaban J connectivity index is 1.41. The van der Waals surface area contributed by atoms with Crippen LogP contribution in [0.3, 0.4) is 0 Å². The molecule has 11 heteroatoms. The molecule has 0 saturated heterocycles. The number of aliphatic hydroxyl groups excluding tert-OH is 1. The van der Waals surface area contributed by atoms with Gasteiger partial charge in [0, 0.05) is 16.7 Å². The van der Waals surface area contributed by atoms with Crippen molar-refractivity contribution in [1.29, 1.82) is 0 Å². The molecule has 0 radical (unpaired) electrons. The fraction of sp³-hybridized carbons (Fsp3) is 0.552. The van der Waals surface area contributed by atoms with Gasteiger partial charge in [-0.05, 0) is 74.8 Å². The van der Waals surface area contributed by atoms with E-state index in [1.165, 1.54) is 30.4 Å². The van der Waals surface area contributed by atoms with Gasteiger partial charge in [0.1, 0.15) is 15.7 Å². The number of ether oxygens (including phenoxy) is 1. The molecular weight excluding hydrogens is 543 g/mol. The Labute approximate surface area is 231 Å². The lowest BCUT2D eigenvalue weighted by Gasteiger charge is -2.62. The molecule has 1 aromatic rings. The van der Waals surface area contributed by atoms with E-state index in [0.29, 0.717) is 24.8 Å². The first-order valence-corrected chi connectivity index (χ1v) is 14.7. The molecule has 0 bridgehead atoms. The van der Waals surface area contributed by atoms with E-state index >= 15 is 4.39 Å². The fourth-order valence-electron chi connectivity index (χ4n) is 8.24. The van der Waals surface area contributed by atoms with E-state index in [2.05, 4.69) is 0 Å². The summed E-state index contributed by atoms with van der Waals surface area (Å²) in [6.07, 6.45) is 3.60. The molecule has 5 rings (SSSR count). The smallest absolute Gasteiger partial charge is 0.338 e. The zero-order valence-corrected chi connectivity index (χ0v) is 23.2. The Morgan fingerprint density at radius 2 is 1.93 bits per heavy atom. The molecule has 2 N–H and O–H groups in total. The molecule has 9 nitrogen and oxygen atoms in total. The van der Waals surface area contributed by atoms with Gasteiger partial charge in [-0.15, -0.1) is 0 Å². The predicted molar refractivity (Wildman–Crippen MR) is 138 cm³/mol. The molecule has 4 aliphatic rings. The summed E-state index contributed by atoms with van der Waals surface area (Å²) in [5.74, 6) is -3.93. The minimum absolute atomic E-state index is 0.223. The van der Waals surface area contributed by atoms with Gasteiger partial charge in [-0.2, -0.15) is 0 Å². The van der Waals surface area contributed by atoms with Crippen LogP contribution in [0.5, 0.6) is 0 Å². The minimum atomic E-state index is -4.82. The van der Waals surface area contributed by atoms with Gasteiger partial charge in [0.2, 0.25) is 5.78 Å². The third kappa shape index (κ3) is 3.81. The Kier molecular flexibility index (Phi) is 6.58. The first-order chi connectivity index (χ1) is 18.5. The van der Waals surface area contributed by atoms with Crippen molar-refractivity contribution in [2.75, 3.05) is 6.61 Å². The van der Waals surface area contributed by atoms with Crippen LogP contribution in [0.4, 0.5) is 4.39 Å². The van der Waals surface area contributed by atoms with Crippen molar-refractivity contribution < 1.29 is 46.7 Å². The van der Waals surface area contributed by atoms with E-state index in [4.69, 9.17) is 4.74 Å². The third-order valence-corrected chi connectivity index (χ3v) is 11.2. The van der Waals surface area contributed by atoms with E-state index in [9.17, 15) is 37.6 Å². The maximum atomic E-state index is 17.3. The van der Waals surface area contributed by atoms with Crippen molar-refractivity contribution in [3.63, 3.8) is 0 Å². The second-order valence-corrected chi connectivity index (χ2v) is 13.5. The maximum absolute atomic E-state index is 17.3. The van der Waals surface area contributed by atoms with Crippen molar-refractivity contribution in [2.24, 2.45) is 28.6 Å². The lowest BCUT2D eigenvalue weighted by atomic mass is 9.44. The van der Waals surface area contributed by atoms with E-state index in [1.54, 1.807) is 20.8 Å². The zero-order valence-electron chi connectivity index (χ0n) is 22.4. The van der Waals surface area contributed by atoms with Crippen molar-refractivity contribution in [3.05, 3.63) is 53.6 Å². The summed E-state index contributed by atoms with van der Waals surface area (Å²) in [6, 6.07) is 4.29. The molecule has 4 aliphatic carbocycles. The highest BCUT2D eigenvalue weighted by Gasteiger charge is 2.75. The highest BCUT2D eigenvalue weighted by Crippen LogP contribution is 2.70. The van der Waals surface area contributed by atoms with Crippen molar-refractivity contribution in [1.82, 2.24) is 0 Å². The molecular formula is C29H32FO9S-. The van der Waals surface area contributed by atoms with E-state index in [0.717, 1.165) is 12.1 Å². The van der Waals surface area contributed by atoms with Crippen molar-refractivity contribution >= 4 is 27.7 Å². The Hall–Kier alpha value is -2.73. The number of esters is 1. The Bertz CT molecular complexity index is 1470. The number of Topliss-reactive ketones (excluding diaryl/α,β-unsaturated/α-hetero) is 1. The number of hydrogen-bond donors (Lipinski definition) is 2. The normalized spacial score (nSPS) is 40.5. The molecule has 3 saturated carbocycles. The summed E-state index contributed by atoms with van der Waals surface area (Å²) in [5, 5.41) is 23.4. The van der Waals surface area contributed by atoms with Crippen LogP contribution in [0.1, 0.15) is 56.8 Å². The molecule has 0 aromatic heterocycles. The van der Waals surface area contributed by atoms with E-state index in [1.807, 2.05) is 0 Å². The van der Waals surface area contributed by atoms with E-state index < -0.39 is 79.3 Å². The van der Waals surface area contributed by atoms with Gasteiger partial charge in [0.05, 0.1) is 16.6 Å². The van der Waals surface area contributed by atoms with Crippen LogP contribution in [-0.2, 0) is 24.4 Å². The lowest BCUT2D eigenvalue weighted by Crippen LogP contribution is -2.69. The molecule has 0 heterocycles. The van der Waals surface area contributed by atoms with Gasteiger partial charge < -0.3 is 19.5 Å². The average Bonchev–Trinajstić information content (AvgIpc) is 3.09. The monoisotopic (exact) mass is 575 g/mol. The van der Waals surface area contributed by atoms with Crippen LogP contribution in [0, 0.1) is 28.6 Å². The quantitative estimate of drug-likeness (QED) is 0.398. The highest BCUT2D eigenvalue weighted by molar-refractivity contribution is 7.85. The topological polar surface area (TPSA) is 158 Å². The number of rotatable bonds is 5. The first-order valence-electron chi connectivity index (χ1n) is 13.3. The van der Waals surface area contributed by atoms with Gasteiger partial charge in [0.25, 0.3) is 0 Å². The molecule has 3 fully saturated rings. The zero-order chi connectivity index (χ0) is 29.5.